The third-order valence-corrected chi connectivity index (χ3v) is 7.80. The Morgan fingerprint density at radius 3 is 2.62 bits per heavy atom. The summed E-state index contributed by atoms with van der Waals surface area (Å²) in [5.41, 5.74) is 1.72. The molecule has 0 radical (unpaired) electrons. The third-order valence-electron chi connectivity index (χ3n) is 5.10. The van der Waals surface area contributed by atoms with Crippen LogP contribution in [-0.4, -0.2) is 55.0 Å². The first-order chi connectivity index (χ1) is 16.4. The van der Waals surface area contributed by atoms with E-state index in [0.29, 0.717) is 33.5 Å². The predicted molar refractivity (Wildman–Crippen MR) is 124 cm³/mol. The van der Waals surface area contributed by atoms with Crippen molar-refractivity contribution < 1.29 is 27.4 Å². The number of esters is 1. The number of benzene rings is 2. The Labute approximate surface area is 199 Å². The maximum Gasteiger partial charge on any atom is 0.310 e. The van der Waals surface area contributed by atoms with Crippen LogP contribution in [0.3, 0.4) is 0 Å². The number of ether oxygens (including phenoxy) is 3. The molecule has 0 aliphatic rings. The maximum atomic E-state index is 13.6. The number of hydrogen-bond donors (Lipinski definition) is 0. The number of carbonyl (C=O) groups is 1. The lowest BCUT2D eigenvalue weighted by atomic mass is 10.1. The number of sulfonamides is 1. The first kappa shape index (κ1) is 23.4. The van der Waals surface area contributed by atoms with Gasteiger partial charge in [-0.2, -0.15) is 27.1 Å². The minimum absolute atomic E-state index is 0.0228. The van der Waals surface area contributed by atoms with E-state index in [1.807, 2.05) is 0 Å². The summed E-state index contributed by atoms with van der Waals surface area (Å²) in [4.78, 5) is 17.0. The molecule has 0 unspecified atom stereocenters. The highest BCUT2D eigenvalue weighted by molar-refractivity contribution is 7.94. The summed E-state index contributed by atoms with van der Waals surface area (Å²) in [5, 5.41) is 4.97. The van der Waals surface area contributed by atoms with E-state index in [4.69, 9.17) is 14.2 Å². The highest BCUT2D eigenvalue weighted by Gasteiger charge is 2.31. The zero-order chi connectivity index (χ0) is 24.3. The molecule has 2 heterocycles. The number of hydrogen-bond acceptors (Lipinski definition) is 10. The Bertz CT molecular complexity index is 1420. The van der Waals surface area contributed by atoms with Crippen molar-refractivity contribution in [1.29, 1.82) is 0 Å². The van der Waals surface area contributed by atoms with E-state index in [1.165, 1.54) is 38.6 Å². The van der Waals surface area contributed by atoms with Gasteiger partial charge in [0.2, 0.25) is 0 Å². The first-order valence-electron chi connectivity index (χ1n) is 9.92. The van der Waals surface area contributed by atoms with Gasteiger partial charge in [0.05, 0.1) is 46.0 Å². The quantitative estimate of drug-likeness (QED) is 0.316. The van der Waals surface area contributed by atoms with Gasteiger partial charge in [-0.05, 0) is 35.3 Å². The average Bonchev–Trinajstić information content (AvgIpc) is 3.54. The summed E-state index contributed by atoms with van der Waals surface area (Å²) in [6.45, 7) is -0.118. The first-order valence-corrected chi connectivity index (χ1v) is 12.1. The van der Waals surface area contributed by atoms with E-state index in [0.717, 1.165) is 15.9 Å². The standard InChI is InChI=1S/C21H21N5O6S2/c1-30-16-8-7-15(19(10-16)31-2)12-25(34(28,29)21-22-13-24-33-21)26-18-6-4-5-14(9-20(27)32-3)17(18)11-23-26/h4-8,10-11,13H,9,12H2,1-3H3. The molecule has 13 heteroatoms. The average molecular weight is 504 g/mol. The second-order valence-corrected chi connectivity index (χ2v) is 9.80. The Hall–Kier alpha value is -3.71. The predicted octanol–water partition coefficient (Wildman–Crippen LogP) is 2.15. The summed E-state index contributed by atoms with van der Waals surface area (Å²) >= 11 is 0.758. The molecule has 0 spiro atoms. The van der Waals surface area contributed by atoms with Crippen LogP contribution in [0.15, 0.2) is 53.3 Å². The monoisotopic (exact) mass is 503 g/mol. The second kappa shape index (κ2) is 9.65. The lowest BCUT2D eigenvalue weighted by molar-refractivity contribution is -0.139. The van der Waals surface area contributed by atoms with Crippen LogP contribution in [0.1, 0.15) is 11.1 Å². The number of fused-ring (bicyclic) bond motifs is 1. The minimum atomic E-state index is -4.15. The molecule has 34 heavy (non-hydrogen) atoms. The molecular formula is C21H21N5O6S2. The fourth-order valence-electron chi connectivity index (χ4n) is 3.41. The molecule has 0 fully saturated rings. The zero-order valence-corrected chi connectivity index (χ0v) is 20.2. The van der Waals surface area contributed by atoms with E-state index in [2.05, 4.69) is 14.5 Å². The molecule has 2 aromatic heterocycles. The van der Waals surface area contributed by atoms with Gasteiger partial charge in [0.1, 0.15) is 17.8 Å². The Morgan fingerprint density at radius 2 is 1.94 bits per heavy atom. The molecular weight excluding hydrogens is 482 g/mol. The highest BCUT2D eigenvalue weighted by atomic mass is 32.2. The van der Waals surface area contributed by atoms with Gasteiger partial charge in [-0.1, -0.05) is 12.1 Å². The molecule has 0 atom stereocenters. The Kier molecular flexibility index (Phi) is 6.65. The van der Waals surface area contributed by atoms with Gasteiger partial charge in [0.15, 0.2) is 0 Å². The molecule has 0 bridgehead atoms. The van der Waals surface area contributed by atoms with Gasteiger partial charge in [0, 0.05) is 17.0 Å². The van der Waals surface area contributed by atoms with Crippen LogP contribution in [0.5, 0.6) is 11.5 Å². The van der Waals surface area contributed by atoms with Crippen LogP contribution in [-0.2, 0) is 32.5 Å². The van der Waals surface area contributed by atoms with Crippen molar-refractivity contribution in [3.05, 3.63) is 60.0 Å². The summed E-state index contributed by atoms with van der Waals surface area (Å²) in [5.74, 6) is 0.595. The van der Waals surface area contributed by atoms with Gasteiger partial charge < -0.3 is 14.2 Å². The molecule has 4 rings (SSSR count). The molecule has 178 valence electrons. The van der Waals surface area contributed by atoms with Crippen LogP contribution < -0.4 is 13.9 Å². The zero-order valence-electron chi connectivity index (χ0n) is 18.5. The number of carbonyl (C=O) groups excluding carboxylic acids is 1. The van der Waals surface area contributed by atoms with Gasteiger partial charge in [0.25, 0.3) is 4.34 Å². The van der Waals surface area contributed by atoms with Crippen molar-refractivity contribution in [2.45, 2.75) is 17.3 Å². The fourth-order valence-corrected chi connectivity index (χ4v) is 5.45. The van der Waals surface area contributed by atoms with Gasteiger partial charge in [-0.25, -0.2) is 4.98 Å². The summed E-state index contributed by atoms with van der Waals surface area (Å²) in [6.07, 6.45) is 2.72. The van der Waals surface area contributed by atoms with Gasteiger partial charge >= 0.3 is 16.0 Å². The lowest BCUT2D eigenvalue weighted by Gasteiger charge is -2.24. The van der Waals surface area contributed by atoms with Gasteiger partial charge in [-0.15, -0.1) is 0 Å². The third kappa shape index (κ3) is 4.39. The summed E-state index contributed by atoms with van der Waals surface area (Å²) < 4.78 is 47.4. The molecule has 0 saturated heterocycles. The molecule has 0 aliphatic carbocycles. The van der Waals surface area contributed by atoms with E-state index in [1.54, 1.807) is 36.4 Å². The van der Waals surface area contributed by atoms with Crippen LogP contribution in [0.4, 0.5) is 0 Å². The number of nitrogens with zero attached hydrogens (tertiary/aromatic N) is 5. The molecule has 11 nitrogen and oxygen atoms in total. The SMILES string of the molecule is COC(=O)Cc1cccc2c1cnn2N(Cc1ccc(OC)cc1OC)S(=O)(=O)c1ncns1. The smallest absolute Gasteiger partial charge is 0.310 e. The van der Waals surface area contributed by atoms with Crippen molar-refractivity contribution in [2.24, 2.45) is 0 Å². The van der Waals surface area contributed by atoms with Crippen LogP contribution in [0.25, 0.3) is 10.9 Å². The van der Waals surface area contributed by atoms with Crippen LogP contribution in [0, 0.1) is 0 Å². The van der Waals surface area contributed by atoms with Crippen LogP contribution >= 0.6 is 11.5 Å². The number of methoxy groups -OCH3 is 3. The fraction of sp³-hybridized carbons (Fsp3) is 0.238. The largest absolute Gasteiger partial charge is 0.497 e. The molecule has 0 N–H and O–H groups in total. The maximum absolute atomic E-state index is 13.6. The van der Waals surface area contributed by atoms with Crippen molar-refractivity contribution >= 4 is 38.4 Å². The molecule has 0 saturated carbocycles. The Morgan fingerprint density at radius 1 is 1.12 bits per heavy atom. The van der Waals surface area contributed by atoms with Crippen molar-refractivity contribution in [3.63, 3.8) is 0 Å². The molecule has 0 aliphatic heterocycles. The second-order valence-electron chi connectivity index (χ2n) is 7.01. The minimum Gasteiger partial charge on any atom is -0.497 e. The molecule has 4 aromatic rings. The molecule has 2 aromatic carbocycles. The molecule has 0 amide bonds. The van der Waals surface area contributed by atoms with Gasteiger partial charge in [-0.3, -0.25) is 4.79 Å². The van der Waals surface area contributed by atoms with Crippen molar-refractivity contribution in [3.8, 4) is 11.5 Å². The van der Waals surface area contributed by atoms with E-state index in [-0.39, 0.29) is 17.3 Å². The van der Waals surface area contributed by atoms with E-state index in [9.17, 15) is 13.2 Å². The highest BCUT2D eigenvalue weighted by Crippen LogP contribution is 2.29. The topological polar surface area (TPSA) is 126 Å². The summed E-state index contributed by atoms with van der Waals surface area (Å²) in [6, 6.07) is 10.3. The van der Waals surface area contributed by atoms with E-state index < -0.39 is 16.0 Å². The Balaban J connectivity index is 1.86. The number of aromatic nitrogens is 4. The van der Waals surface area contributed by atoms with Crippen LogP contribution in [0.2, 0.25) is 0 Å². The van der Waals surface area contributed by atoms with E-state index >= 15 is 0 Å². The lowest BCUT2D eigenvalue weighted by Crippen LogP contribution is -2.40. The van der Waals surface area contributed by atoms with Crippen molar-refractivity contribution in [2.75, 3.05) is 25.7 Å². The normalized spacial score (nSPS) is 11.4. The number of rotatable bonds is 9. The summed E-state index contributed by atoms with van der Waals surface area (Å²) in [7, 11) is 0.179. The van der Waals surface area contributed by atoms with Crippen molar-refractivity contribution in [1.82, 2.24) is 19.2 Å².